The van der Waals surface area contributed by atoms with Crippen LogP contribution in [-0.2, 0) is 50.6 Å². The first-order valence-electron chi connectivity index (χ1n) is 32.9. The van der Waals surface area contributed by atoms with Crippen LogP contribution in [0.4, 0.5) is 0 Å². The number of carbonyl (C=O) groups excluding carboxylic acids is 1. The van der Waals surface area contributed by atoms with Crippen LogP contribution in [0.3, 0.4) is 0 Å². The molecule has 1 radical (unpaired) electrons. The van der Waals surface area contributed by atoms with Crippen molar-refractivity contribution in [2.24, 2.45) is 33.5 Å². The van der Waals surface area contributed by atoms with Gasteiger partial charge in [-0.3, -0.25) is 14.8 Å². The topological polar surface area (TPSA) is 63.1 Å². The van der Waals surface area contributed by atoms with Crippen molar-refractivity contribution in [2.45, 2.75) is 189 Å². The summed E-state index contributed by atoms with van der Waals surface area (Å²) in [4.78, 5) is 26.1. The van der Waals surface area contributed by atoms with E-state index in [1.165, 1.54) is 75.5 Å². The third-order valence-corrected chi connectivity index (χ3v) is 19.2. The molecule has 0 spiro atoms. The standard InChI is InChI=1S/C34H34NS.C33H32NS.C13H24O2.Ir/c1-20-11-12-23-22(15-20)16-27-31-30-25(13-14-35-31)24-10-8-9-21(18-33(2,3)4)26(24)17-29(30)36-32(27)28(23)19-34(5,6)7;1-32(2,3)18-21-11-9-13-23-24-14-15-34-30-26-16-20-10-7-8-12-22(20)27(19-33(4,5)6)31(26)35-28(29(24)30)17-25(21)23;1-5-10(6-2)12(14)9-13(15)11(7-3)8-4;/h8-15,17H,18-19H2,1-7H3;7-15,17H,18-19H2,1-6H3;9-11,14H,5-8H2,1-4H3;/q2*-1;;/b;;12-9-;/i13D,14D;15D;;. The first-order valence-corrected chi connectivity index (χ1v) is 33.0. The smallest absolute Gasteiger partial charge is 0.162 e. The van der Waals surface area contributed by atoms with Crippen molar-refractivity contribution in [2.75, 3.05) is 0 Å². The summed E-state index contributed by atoms with van der Waals surface area (Å²) in [7, 11) is 0. The fourth-order valence-electron chi connectivity index (χ4n) is 12.9. The van der Waals surface area contributed by atoms with Crippen LogP contribution >= 0.6 is 23.5 Å². The minimum Gasteiger partial charge on any atom is -0.512 e. The summed E-state index contributed by atoms with van der Waals surface area (Å²) in [5.74, 6) is 0.547. The average Bonchev–Trinajstić information content (AvgIpc) is 0.725. The number of fused-ring (bicyclic) bond motifs is 10. The molecule has 1 N–H and O–H groups in total. The predicted octanol–water partition coefficient (Wildman–Crippen LogP) is 23.5. The average molecular weight is 1370 g/mol. The number of rotatable bonds is 11. The third-order valence-electron chi connectivity index (χ3n) is 16.8. The molecular weight excluding hydrogens is 1280 g/mol. The van der Waals surface area contributed by atoms with E-state index in [0.717, 1.165) is 116 Å². The van der Waals surface area contributed by atoms with Gasteiger partial charge in [-0.2, -0.15) is 0 Å². The van der Waals surface area contributed by atoms with E-state index in [4.69, 9.17) is 14.1 Å². The zero-order valence-electron chi connectivity index (χ0n) is 57.5. The Morgan fingerprint density at radius 2 is 0.989 bits per heavy atom. The number of nitrogens with zero attached hydrogens (tertiary/aromatic N) is 2. The van der Waals surface area contributed by atoms with Gasteiger partial charge in [0.1, 0.15) is 0 Å². The Morgan fingerprint density at radius 1 is 0.529 bits per heavy atom. The van der Waals surface area contributed by atoms with E-state index in [0.29, 0.717) is 6.17 Å². The number of aromatic nitrogens is 2. The van der Waals surface area contributed by atoms with Crippen LogP contribution in [0.25, 0.3) is 87.1 Å². The van der Waals surface area contributed by atoms with Crippen LogP contribution in [0, 0.1) is 52.6 Å². The molecular formula is C80H90IrN2O2S2-2. The van der Waals surface area contributed by atoms with E-state index in [1.54, 1.807) is 11.8 Å². The number of benzene rings is 8. The Kier molecular flexibility index (Phi) is 18.3. The van der Waals surface area contributed by atoms with Gasteiger partial charge in [-0.05, 0) is 168 Å². The monoisotopic (exact) mass is 1370 g/mol. The molecule has 0 saturated carbocycles. The van der Waals surface area contributed by atoms with Gasteiger partial charge in [0.05, 0.1) is 9.87 Å². The zero-order chi connectivity index (χ0) is 64.4. The van der Waals surface area contributed by atoms with Crippen molar-refractivity contribution in [3.8, 4) is 22.5 Å². The first-order chi connectivity index (χ1) is 41.9. The van der Waals surface area contributed by atoms with Gasteiger partial charge in [-0.15, -0.1) is 58.6 Å². The van der Waals surface area contributed by atoms with Gasteiger partial charge >= 0.3 is 0 Å². The maximum Gasteiger partial charge on any atom is 0.162 e. The number of aryl methyl sites for hydroxylation is 1. The van der Waals surface area contributed by atoms with Crippen LogP contribution in [0.5, 0.6) is 0 Å². The molecule has 4 nitrogen and oxygen atoms in total. The predicted molar refractivity (Wildman–Crippen MR) is 372 cm³/mol. The molecule has 0 saturated heterocycles. The molecule has 0 amide bonds. The van der Waals surface area contributed by atoms with Crippen LogP contribution in [0.15, 0.2) is 147 Å². The van der Waals surface area contributed by atoms with Crippen molar-refractivity contribution in [3.63, 3.8) is 0 Å². The minimum atomic E-state index is 0. The quantitative estimate of drug-likeness (QED) is 0.0603. The van der Waals surface area contributed by atoms with E-state index in [2.05, 4.69) is 193 Å². The summed E-state index contributed by atoms with van der Waals surface area (Å²) in [6.07, 6.45) is 9.11. The maximum atomic E-state index is 11.7. The zero-order valence-corrected chi connectivity index (χ0v) is 58.6. The first kappa shape index (κ1) is 61.4. The molecule has 455 valence electrons. The summed E-state index contributed by atoms with van der Waals surface area (Å²) in [6, 6.07) is 42.6. The summed E-state index contributed by atoms with van der Waals surface area (Å²) >= 11 is 3.67. The van der Waals surface area contributed by atoms with Gasteiger partial charge in [0, 0.05) is 71.5 Å². The van der Waals surface area contributed by atoms with Crippen molar-refractivity contribution in [1.82, 2.24) is 9.97 Å². The van der Waals surface area contributed by atoms with E-state index in [9.17, 15) is 9.90 Å². The van der Waals surface area contributed by atoms with Crippen LogP contribution in [0.2, 0.25) is 0 Å². The molecule has 10 aromatic rings. The second-order valence-electron chi connectivity index (χ2n) is 29.1. The fraction of sp³-hybridized carbons (Fsp3) is 0.388. The number of hydrogen-bond donors (Lipinski definition) is 1. The van der Waals surface area contributed by atoms with Crippen molar-refractivity contribution in [3.05, 3.63) is 167 Å². The van der Waals surface area contributed by atoms with Crippen molar-refractivity contribution in [1.29, 1.82) is 0 Å². The molecule has 0 aliphatic carbocycles. The SMILES string of the molecule is CCC(CC)C(=O)/C=C(\O)C(CC)CC.[2H]c1cc2c3c(cc4c(CC(C)(C)C)cccc42)Sc2c([c-]c4ccccc4c2CC(C)(C)C)-c3n1.[2H]c1nc2c3c(cc4c(CC(C)(C)C)cccc4c3c1[2H])Sc1c-2[c-]c2cc(C)ccc2c1CC(C)(C)C.[Ir]. The molecule has 0 unspecified atom stereocenters. The van der Waals surface area contributed by atoms with E-state index < -0.39 is 0 Å². The Hall–Kier alpha value is -5.82. The number of pyridine rings is 2. The fourth-order valence-corrected chi connectivity index (χ4v) is 15.4. The molecule has 2 aromatic heterocycles. The summed E-state index contributed by atoms with van der Waals surface area (Å²) < 4.78 is 26.3. The normalized spacial score (nSPS) is 13.7. The number of aliphatic hydroxyl groups excluding tert-OH is 1. The van der Waals surface area contributed by atoms with E-state index in [1.807, 2.05) is 45.5 Å². The molecule has 12 rings (SSSR count). The second-order valence-corrected chi connectivity index (χ2v) is 31.2. The molecule has 4 heterocycles. The third kappa shape index (κ3) is 14.1. The number of aliphatic hydroxyl groups is 1. The Bertz CT molecular complexity index is 4460. The van der Waals surface area contributed by atoms with Gasteiger partial charge in [-0.1, -0.05) is 216 Å². The van der Waals surface area contributed by atoms with E-state index >= 15 is 0 Å². The van der Waals surface area contributed by atoms with Crippen LogP contribution in [0.1, 0.15) is 168 Å². The molecule has 0 atom stereocenters. The van der Waals surface area contributed by atoms with Gasteiger partial charge in [0.15, 0.2) is 5.78 Å². The Balaban J connectivity index is 0.000000174. The van der Waals surface area contributed by atoms with Gasteiger partial charge in [0.25, 0.3) is 0 Å². The van der Waals surface area contributed by atoms with Crippen LogP contribution < -0.4 is 0 Å². The summed E-state index contributed by atoms with van der Waals surface area (Å²) in [6.45, 7) is 37.7. The van der Waals surface area contributed by atoms with Crippen molar-refractivity contribution >= 4 is 93.9 Å². The number of carbonyl (C=O) groups is 1. The summed E-state index contributed by atoms with van der Waals surface area (Å²) in [5.41, 5.74) is 10.9. The minimum absolute atomic E-state index is 0. The molecule has 87 heavy (non-hydrogen) atoms. The van der Waals surface area contributed by atoms with E-state index in [-0.39, 0.29) is 77.4 Å². The molecule has 7 heteroatoms. The van der Waals surface area contributed by atoms with Gasteiger partial charge in [-0.25, -0.2) is 0 Å². The Labute approximate surface area is 546 Å². The van der Waals surface area contributed by atoms with Gasteiger partial charge < -0.3 is 5.11 Å². The second kappa shape index (κ2) is 25.9. The van der Waals surface area contributed by atoms with Crippen LogP contribution in [-0.4, -0.2) is 20.9 Å². The largest absolute Gasteiger partial charge is 0.512 e. The molecule has 2 aliphatic heterocycles. The molecule has 2 aliphatic rings. The maximum absolute atomic E-state index is 11.7. The Morgan fingerprint density at radius 3 is 1.51 bits per heavy atom. The summed E-state index contributed by atoms with van der Waals surface area (Å²) in [5, 5.41) is 23.4. The molecule has 0 bridgehead atoms. The van der Waals surface area contributed by atoms with Gasteiger partial charge in [0.2, 0.25) is 0 Å². The van der Waals surface area contributed by atoms with Crippen molar-refractivity contribution < 1.29 is 34.1 Å². The number of ketones is 1. The number of allylic oxidation sites excluding steroid dienone is 2. The number of hydrogen-bond acceptors (Lipinski definition) is 6. The molecule has 0 fully saturated rings. The molecule has 8 aromatic carbocycles.